The van der Waals surface area contributed by atoms with Crippen LogP contribution in [0.4, 0.5) is 0 Å². The molecule has 0 aliphatic heterocycles. The van der Waals surface area contributed by atoms with Crippen LogP contribution >= 0.6 is 11.6 Å². The van der Waals surface area contributed by atoms with E-state index in [-0.39, 0.29) is 5.91 Å². The fourth-order valence-electron chi connectivity index (χ4n) is 2.57. The topological polar surface area (TPSA) is 29.5 Å². The molecule has 0 atom stereocenters. The van der Waals surface area contributed by atoms with Gasteiger partial charge < -0.3 is 9.64 Å². The predicted octanol–water partition coefficient (Wildman–Crippen LogP) is 4.55. The lowest BCUT2D eigenvalue weighted by Gasteiger charge is -2.21. The summed E-state index contributed by atoms with van der Waals surface area (Å²) in [6, 6.07) is 15.7. The highest BCUT2D eigenvalue weighted by molar-refractivity contribution is 6.30. The van der Waals surface area contributed by atoms with Gasteiger partial charge in [-0.15, -0.1) is 0 Å². The number of nitrogens with zero attached hydrogens (tertiary/aromatic N) is 1. The van der Waals surface area contributed by atoms with E-state index in [0.717, 1.165) is 29.7 Å². The molecule has 124 valence electrons. The van der Waals surface area contributed by atoms with E-state index in [1.165, 1.54) is 0 Å². The molecule has 24 heavy (non-hydrogen) atoms. The number of benzene rings is 2. The van der Waals surface area contributed by atoms with Gasteiger partial charge in [0.1, 0.15) is 5.75 Å². The third-order valence-corrected chi connectivity index (χ3v) is 4.28. The molecular weight excluding hydrogens is 322 g/mol. The zero-order chi connectivity index (χ0) is 16.9. The standard InChI is InChI=1S/C20H20ClNO2/c1-24-19-10-5-16(6-11-19)14-22(18-8-9-18)20(23)12-7-15-3-2-4-17(21)13-15/h2-7,10-13,18H,8-9,14H2,1H3/b12-7+. The highest BCUT2D eigenvalue weighted by Crippen LogP contribution is 2.29. The average Bonchev–Trinajstić information content (AvgIpc) is 3.43. The highest BCUT2D eigenvalue weighted by Gasteiger charge is 2.31. The Kier molecular flexibility index (Phi) is 5.21. The van der Waals surface area contributed by atoms with Gasteiger partial charge in [-0.25, -0.2) is 0 Å². The van der Waals surface area contributed by atoms with Gasteiger partial charge in [-0.3, -0.25) is 4.79 Å². The third kappa shape index (κ3) is 4.39. The molecule has 0 aromatic heterocycles. The fraction of sp³-hybridized carbons (Fsp3) is 0.250. The molecule has 3 rings (SSSR count). The first-order valence-electron chi connectivity index (χ1n) is 8.03. The highest BCUT2D eigenvalue weighted by atomic mass is 35.5. The molecule has 2 aromatic carbocycles. The number of ether oxygens (including phenoxy) is 1. The number of amides is 1. The second-order valence-corrected chi connectivity index (χ2v) is 6.37. The fourth-order valence-corrected chi connectivity index (χ4v) is 2.77. The van der Waals surface area contributed by atoms with E-state index in [0.29, 0.717) is 17.6 Å². The number of rotatable bonds is 6. The van der Waals surface area contributed by atoms with Crippen molar-refractivity contribution in [1.82, 2.24) is 4.90 Å². The van der Waals surface area contributed by atoms with E-state index >= 15 is 0 Å². The summed E-state index contributed by atoms with van der Waals surface area (Å²) >= 11 is 5.98. The smallest absolute Gasteiger partial charge is 0.247 e. The molecule has 0 spiro atoms. The first-order valence-corrected chi connectivity index (χ1v) is 8.40. The number of methoxy groups -OCH3 is 1. The molecule has 2 aromatic rings. The third-order valence-electron chi connectivity index (χ3n) is 4.05. The molecule has 0 radical (unpaired) electrons. The van der Waals surface area contributed by atoms with Gasteiger partial charge in [-0.05, 0) is 54.3 Å². The second kappa shape index (κ2) is 7.54. The summed E-state index contributed by atoms with van der Waals surface area (Å²) in [5, 5.41) is 0.668. The molecular formula is C20H20ClNO2. The Balaban J connectivity index is 1.69. The molecule has 0 bridgehead atoms. The minimum Gasteiger partial charge on any atom is -0.497 e. The number of halogens is 1. The molecule has 1 amide bonds. The van der Waals surface area contributed by atoms with Gasteiger partial charge in [0, 0.05) is 23.7 Å². The van der Waals surface area contributed by atoms with Crippen molar-refractivity contribution < 1.29 is 9.53 Å². The first-order chi connectivity index (χ1) is 11.7. The van der Waals surface area contributed by atoms with Crippen LogP contribution in [0.15, 0.2) is 54.6 Å². The summed E-state index contributed by atoms with van der Waals surface area (Å²) in [5.74, 6) is 0.859. The van der Waals surface area contributed by atoms with Gasteiger partial charge in [0.15, 0.2) is 0 Å². The van der Waals surface area contributed by atoms with E-state index in [4.69, 9.17) is 16.3 Å². The largest absolute Gasteiger partial charge is 0.497 e. The van der Waals surface area contributed by atoms with Gasteiger partial charge in [0.25, 0.3) is 0 Å². The zero-order valence-corrected chi connectivity index (χ0v) is 14.4. The van der Waals surface area contributed by atoms with Crippen LogP contribution in [0.3, 0.4) is 0 Å². The van der Waals surface area contributed by atoms with Crippen LogP contribution in [0.2, 0.25) is 5.02 Å². The van der Waals surface area contributed by atoms with Crippen LogP contribution in [0.5, 0.6) is 5.75 Å². The van der Waals surface area contributed by atoms with Crippen molar-refractivity contribution >= 4 is 23.6 Å². The van der Waals surface area contributed by atoms with E-state index in [1.54, 1.807) is 13.2 Å². The Morgan fingerprint density at radius 2 is 2.00 bits per heavy atom. The van der Waals surface area contributed by atoms with Gasteiger partial charge >= 0.3 is 0 Å². The summed E-state index contributed by atoms with van der Waals surface area (Å²) in [7, 11) is 1.65. The Morgan fingerprint density at radius 3 is 2.62 bits per heavy atom. The van der Waals surface area contributed by atoms with Gasteiger partial charge in [-0.1, -0.05) is 35.9 Å². The quantitative estimate of drug-likeness (QED) is 0.721. The van der Waals surface area contributed by atoms with E-state index in [9.17, 15) is 4.79 Å². The first kappa shape index (κ1) is 16.6. The molecule has 0 heterocycles. The SMILES string of the molecule is COc1ccc(CN(C(=O)/C=C/c2cccc(Cl)c2)C2CC2)cc1. The maximum atomic E-state index is 12.6. The summed E-state index contributed by atoms with van der Waals surface area (Å²) in [4.78, 5) is 14.5. The number of carbonyl (C=O) groups is 1. The van der Waals surface area contributed by atoms with Crippen LogP contribution in [0, 0.1) is 0 Å². The number of hydrogen-bond acceptors (Lipinski definition) is 2. The molecule has 1 aliphatic carbocycles. The zero-order valence-electron chi connectivity index (χ0n) is 13.6. The Labute approximate surface area is 147 Å². The normalized spacial score (nSPS) is 13.9. The van der Waals surface area contributed by atoms with Crippen molar-refractivity contribution in [2.75, 3.05) is 7.11 Å². The minimum atomic E-state index is 0.0355. The van der Waals surface area contributed by atoms with Crippen molar-refractivity contribution in [3.8, 4) is 5.75 Å². The molecule has 1 fully saturated rings. The van der Waals surface area contributed by atoms with Crippen LogP contribution < -0.4 is 4.74 Å². The maximum absolute atomic E-state index is 12.6. The van der Waals surface area contributed by atoms with E-state index < -0.39 is 0 Å². The lowest BCUT2D eigenvalue weighted by molar-refractivity contribution is -0.127. The van der Waals surface area contributed by atoms with Gasteiger partial charge in [0.2, 0.25) is 5.91 Å². The Morgan fingerprint density at radius 1 is 1.25 bits per heavy atom. The van der Waals surface area contributed by atoms with Crippen molar-refractivity contribution in [3.05, 3.63) is 70.8 Å². The summed E-state index contributed by atoms with van der Waals surface area (Å²) in [6.07, 6.45) is 5.60. The van der Waals surface area contributed by atoms with Crippen LogP contribution in [-0.2, 0) is 11.3 Å². The molecule has 4 heteroatoms. The summed E-state index contributed by atoms with van der Waals surface area (Å²) in [5.41, 5.74) is 2.03. The molecule has 0 saturated heterocycles. The molecule has 0 unspecified atom stereocenters. The molecule has 0 N–H and O–H groups in total. The summed E-state index contributed by atoms with van der Waals surface area (Å²) < 4.78 is 5.18. The maximum Gasteiger partial charge on any atom is 0.247 e. The van der Waals surface area contributed by atoms with E-state index in [2.05, 4.69) is 0 Å². The van der Waals surface area contributed by atoms with Crippen LogP contribution in [-0.4, -0.2) is 24.0 Å². The number of carbonyl (C=O) groups excluding carboxylic acids is 1. The molecule has 1 saturated carbocycles. The Hall–Kier alpha value is -2.26. The summed E-state index contributed by atoms with van der Waals surface area (Å²) in [6.45, 7) is 0.618. The lowest BCUT2D eigenvalue weighted by atomic mass is 10.2. The minimum absolute atomic E-state index is 0.0355. The molecule has 1 aliphatic rings. The average molecular weight is 342 g/mol. The van der Waals surface area contributed by atoms with Crippen LogP contribution in [0.1, 0.15) is 24.0 Å². The van der Waals surface area contributed by atoms with Gasteiger partial charge in [-0.2, -0.15) is 0 Å². The van der Waals surface area contributed by atoms with Crippen molar-refractivity contribution in [2.45, 2.75) is 25.4 Å². The van der Waals surface area contributed by atoms with Crippen molar-refractivity contribution in [2.24, 2.45) is 0 Å². The van der Waals surface area contributed by atoms with Gasteiger partial charge in [0.05, 0.1) is 7.11 Å². The van der Waals surface area contributed by atoms with Crippen LogP contribution in [0.25, 0.3) is 6.08 Å². The van der Waals surface area contributed by atoms with Crippen molar-refractivity contribution in [1.29, 1.82) is 0 Å². The monoisotopic (exact) mass is 341 g/mol. The lowest BCUT2D eigenvalue weighted by Crippen LogP contribution is -2.31. The molecule has 3 nitrogen and oxygen atoms in total. The van der Waals surface area contributed by atoms with Crippen molar-refractivity contribution in [3.63, 3.8) is 0 Å². The predicted molar refractivity (Wildman–Crippen MR) is 97.1 cm³/mol. The number of hydrogen-bond donors (Lipinski definition) is 0. The Bertz CT molecular complexity index is 736. The second-order valence-electron chi connectivity index (χ2n) is 5.93. The van der Waals surface area contributed by atoms with E-state index in [1.807, 2.05) is 59.5 Å².